The molecule has 1 aliphatic rings. The van der Waals surface area contributed by atoms with Crippen LogP contribution in [-0.4, -0.2) is 32.4 Å². The van der Waals surface area contributed by atoms with Crippen molar-refractivity contribution in [1.29, 1.82) is 0 Å². The standard InChI is InChI=1S/C37H37N7S2/c1-2-3-4-5-6-12-23-44-25-46-32-22-13-18-28(34(32)44)27-17-10-11-20-30(27)40-37-42-35(29-19-14-21-31-33(29)38-24-45-31)41-36(43-37)39-26-15-8-7-9-16-26/h7-11,13-22,24H,2-6,12,23,25H2,1H3,(H2,39,40,41,42,43). The fourth-order valence-electron chi connectivity index (χ4n) is 5.93. The second-order valence-corrected chi connectivity index (χ2v) is 13.3. The van der Waals surface area contributed by atoms with Gasteiger partial charge in [-0.25, -0.2) is 4.98 Å². The van der Waals surface area contributed by atoms with Crippen LogP contribution in [0.3, 0.4) is 0 Å². The predicted molar refractivity (Wildman–Crippen MR) is 195 cm³/mol. The first-order valence-corrected chi connectivity index (χ1v) is 17.9. The number of thioether (sulfide) groups is 1. The average Bonchev–Trinajstić information content (AvgIpc) is 3.74. The minimum absolute atomic E-state index is 0.463. The molecular formula is C37H37N7S2. The maximum atomic E-state index is 4.94. The van der Waals surface area contributed by atoms with Crippen LogP contribution in [0.25, 0.3) is 32.7 Å². The molecule has 2 N–H and O–H groups in total. The number of unbranched alkanes of at least 4 members (excludes halogenated alkanes) is 5. The minimum Gasteiger partial charge on any atom is -0.361 e. The molecule has 0 bridgehead atoms. The quantitative estimate of drug-likeness (QED) is 0.120. The normalized spacial score (nSPS) is 12.4. The first-order valence-electron chi connectivity index (χ1n) is 16.0. The van der Waals surface area contributed by atoms with Crippen LogP contribution in [0.1, 0.15) is 45.4 Å². The Labute approximate surface area is 278 Å². The van der Waals surface area contributed by atoms with Gasteiger partial charge in [0.15, 0.2) is 5.82 Å². The predicted octanol–water partition coefficient (Wildman–Crippen LogP) is 10.5. The molecule has 6 aromatic rings. The van der Waals surface area contributed by atoms with E-state index in [1.165, 1.54) is 54.7 Å². The summed E-state index contributed by atoms with van der Waals surface area (Å²) < 4.78 is 1.09. The van der Waals surface area contributed by atoms with Gasteiger partial charge in [0.05, 0.1) is 27.3 Å². The Morgan fingerprint density at radius 1 is 0.696 bits per heavy atom. The van der Waals surface area contributed by atoms with Crippen LogP contribution in [0.5, 0.6) is 0 Å². The van der Waals surface area contributed by atoms with Crippen molar-refractivity contribution in [3.63, 3.8) is 0 Å². The summed E-state index contributed by atoms with van der Waals surface area (Å²) in [6.07, 6.45) is 7.78. The number of benzene rings is 4. The number of hydrogen-bond donors (Lipinski definition) is 2. The first-order chi connectivity index (χ1) is 22.8. The Bertz CT molecular complexity index is 1920. The molecule has 0 saturated carbocycles. The minimum atomic E-state index is 0.463. The zero-order valence-corrected chi connectivity index (χ0v) is 27.6. The van der Waals surface area contributed by atoms with E-state index in [9.17, 15) is 0 Å². The summed E-state index contributed by atoms with van der Waals surface area (Å²) in [6.45, 7) is 3.35. The van der Waals surface area contributed by atoms with E-state index in [-0.39, 0.29) is 0 Å². The summed E-state index contributed by atoms with van der Waals surface area (Å²) in [5.74, 6) is 2.48. The molecule has 7 nitrogen and oxygen atoms in total. The number of rotatable bonds is 13. The largest absolute Gasteiger partial charge is 0.361 e. The summed E-state index contributed by atoms with van der Waals surface area (Å²) in [5.41, 5.74) is 9.14. The van der Waals surface area contributed by atoms with Crippen molar-refractivity contribution in [1.82, 2.24) is 19.9 Å². The van der Waals surface area contributed by atoms with Gasteiger partial charge in [0.25, 0.3) is 0 Å². The molecule has 232 valence electrons. The molecule has 0 fully saturated rings. The zero-order chi connectivity index (χ0) is 31.1. The maximum absolute atomic E-state index is 4.94. The molecule has 0 amide bonds. The van der Waals surface area contributed by atoms with Crippen molar-refractivity contribution in [3.8, 4) is 22.5 Å². The summed E-state index contributed by atoms with van der Waals surface area (Å²) in [5, 5.41) is 6.96. The van der Waals surface area contributed by atoms with Crippen LogP contribution in [0.15, 0.2) is 101 Å². The molecule has 3 heterocycles. The highest BCUT2D eigenvalue weighted by Crippen LogP contribution is 2.47. The van der Waals surface area contributed by atoms with Crippen LogP contribution in [0.2, 0.25) is 0 Å². The first kappa shape index (κ1) is 30.2. The number of hydrogen-bond acceptors (Lipinski definition) is 9. The van der Waals surface area contributed by atoms with Gasteiger partial charge in [-0.3, -0.25) is 0 Å². The summed E-state index contributed by atoms with van der Waals surface area (Å²) >= 11 is 3.54. The van der Waals surface area contributed by atoms with Crippen molar-refractivity contribution in [2.75, 3.05) is 28.0 Å². The van der Waals surface area contributed by atoms with E-state index in [4.69, 9.17) is 15.0 Å². The van der Waals surface area contributed by atoms with Crippen molar-refractivity contribution in [2.24, 2.45) is 0 Å². The molecule has 0 spiro atoms. The van der Waals surface area contributed by atoms with Crippen LogP contribution < -0.4 is 15.5 Å². The van der Waals surface area contributed by atoms with E-state index in [0.717, 1.165) is 45.1 Å². The summed E-state index contributed by atoms with van der Waals surface area (Å²) in [7, 11) is 0. The van der Waals surface area contributed by atoms with Crippen molar-refractivity contribution >= 4 is 62.3 Å². The molecular weight excluding hydrogens is 607 g/mol. The third-order valence-corrected chi connectivity index (χ3v) is 10.1. The van der Waals surface area contributed by atoms with E-state index in [2.05, 4.69) is 76.0 Å². The molecule has 2 aromatic heterocycles. The number of fused-ring (bicyclic) bond motifs is 2. The van der Waals surface area contributed by atoms with Crippen molar-refractivity contribution < 1.29 is 0 Å². The second kappa shape index (κ2) is 14.3. The van der Waals surface area contributed by atoms with Gasteiger partial charge in [-0.2, -0.15) is 15.0 Å². The van der Waals surface area contributed by atoms with Gasteiger partial charge in [-0.05, 0) is 42.8 Å². The smallest absolute Gasteiger partial charge is 0.232 e. The van der Waals surface area contributed by atoms with E-state index in [1.807, 2.05) is 59.7 Å². The van der Waals surface area contributed by atoms with Gasteiger partial charge in [0.1, 0.15) is 0 Å². The van der Waals surface area contributed by atoms with E-state index >= 15 is 0 Å². The Balaban J connectivity index is 1.22. The van der Waals surface area contributed by atoms with Crippen LogP contribution in [-0.2, 0) is 0 Å². The number of anilines is 5. The third kappa shape index (κ3) is 6.71. The molecule has 7 rings (SSSR count). The second-order valence-electron chi connectivity index (χ2n) is 11.4. The number of para-hydroxylation sites is 4. The van der Waals surface area contributed by atoms with Gasteiger partial charge in [-0.1, -0.05) is 93.6 Å². The maximum Gasteiger partial charge on any atom is 0.232 e. The van der Waals surface area contributed by atoms with Crippen molar-refractivity contribution in [2.45, 2.75) is 50.3 Å². The van der Waals surface area contributed by atoms with Gasteiger partial charge in [0, 0.05) is 39.5 Å². The molecule has 46 heavy (non-hydrogen) atoms. The molecule has 0 atom stereocenters. The molecule has 4 aromatic carbocycles. The monoisotopic (exact) mass is 643 g/mol. The van der Waals surface area contributed by atoms with E-state index in [0.29, 0.717) is 17.7 Å². The summed E-state index contributed by atoms with van der Waals surface area (Å²) in [4.78, 5) is 23.1. The lowest BCUT2D eigenvalue weighted by molar-refractivity contribution is 0.605. The fourth-order valence-corrected chi connectivity index (χ4v) is 7.73. The Morgan fingerprint density at radius 2 is 1.43 bits per heavy atom. The lowest BCUT2D eigenvalue weighted by Gasteiger charge is -2.23. The fraction of sp³-hybridized carbons (Fsp3) is 0.243. The Morgan fingerprint density at radius 3 is 2.33 bits per heavy atom. The summed E-state index contributed by atoms with van der Waals surface area (Å²) in [6, 6.07) is 31.2. The van der Waals surface area contributed by atoms with Crippen LogP contribution in [0.4, 0.5) is 29.0 Å². The molecule has 0 aliphatic carbocycles. The SMILES string of the molecule is CCCCCCCCN1CSc2cccc(-c3ccccc3Nc3nc(Nc4ccccc4)nc(-c4cccc5scnc45)n3)c21. The molecule has 0 radical (unpaired) electrons. The molecule has 0 unspecified atom stereocenters. The highest BCUT2D eigenvalue weighted by molar-refractivity contribution is 7.99. The molecule has 1 aliphatic heterocycles. The zero-order valence-electron chi connectivity index (χ0n) is 25.9. The molecule has 9 heteroatoms. The highest BCUT2D eigenvalue weighted by atomic mass is 32.2. The van der Waals surface area contributed by atoms with Crippen LogP contribution >= 0.6 is 23.1 Å². The van der Waals surface area contributed by atoms with E-state index < -0.39 is 0 Å². The lowest BCUT2D eigenvalue weighted by Crippen LogP contribution is -2.21. The number of thiazole rings is 1. The topological polar surface area (TPSA) is 78.9 Å². The highest BCUT2D eigenvalue weighted by Gasteiger charge is 2.24. The Kier molecular flexibility index (Phi) is 9.39. The van der Waals surface area contributed by atoms with Crippen LogP contribution in [0, 0.1) is 0 Å². The van der Waals surface area contributed by atoms with Gasteiger partial charge < -0.3 is 15.5 Å². The Hall–Kier alpha value is -4.47. The van der Waals surface area contributed by atoms with E-state index in [1.54, 1.807) is 11.3 Å². The number of aromatic nitrogens is 4. The average molecular weight is 644 g/mol. The molecule has 0 saturated heterocycles. The van der Waals surface area contributed by atoms with Crippen molar-refractivity contribution in [3.05, 3.63) is 96.5 Å². The number of nitrogens with one attached hydrogen (secondary N) is 2. The van der Waals surface area contributed by atoms with Gasteiger partial charge in [-0.15, -0.1) is 23.1 Å². The lowest BCUT2D eigenvalue weighted by atomic mass is 10.0. The number of nitrogens with zero attached hydrogens (tertiary/aromatic N) is 5. The third-order valence-electron chi connectivity index (χ3n) is 8.20. The van der Waals surface area contributed by atoms with Gasteiger partial charge in [0.2, 0.25) is 11.9 Å². The van der Waals surface area contributed by atoms with Gasteiger partial charge >= 0.3 is 0 Å².